The van der Waals surface area contributed by atoms with E-state index in [9.17, 15) is 9.36 Å². The molecule has 2 rings (SSSR count). The van der Waals surface area contributed by atoms with E-state index in [2.05, 4.69) is 9.52 Å². The van der Waals surface area contributed by atoms with Crippen LogP contribution in [-0.4, -0.2) is 42.1 Å². The van der Waals surface area contributed by atoms with Crippen molar-refractivity contribution < 1.29 is 28.4 Å². The fourth-order valence-corrected chi connectivity index (χ4v) is 2.19. The highest BCUT2D eigenvalue weighted by atomic mass is 31.2. The van der Waals surface area contributed by atoms with Crippen LogP contribution in [0.1, 0.15) is 5.56 Å². The minimum atomic E-state index is -4.50. The number of aliphatic imine (C=N–C) groups is 1. The number of phosphoric acid groups is 1. The van der Waals surface area contributed by atoms with Crippen LogP contribution in [0.3, 0.4) is 0 Å². The Morgan fingerprint density at radius 3 is 2.77 bits per heavy atom. The van der Waals surface area contributed by atoms with Gasteiger partial charge in [0, 0.05) is 6.21 Å². The summed E-state index contributed by atoms with van der Waals surface area (Å²) in [6.45, 7) is -0.301. The summed E-state index contributed by atoms with van der Waals surface area (Å²) in [4.78, 5) is 32.8. The molecule has 7 nitrogen and oxygen atoms in total. The first-order valence-corrected chi connectivity index (χ1v) is 8.05. The molecule has 0 spiro atoms. The number of aldehydes is 1. The highest BCUT2D eigenvalue weighted by Gasteiger charge is 2.26. The number of hydrogen-bond donors (Lipinski definition) is 2. The molecule has 1 heterocycles. The van der Waals surface area contributed by atoms with E-state index in [1.807, 2.05) is 24.3 Å². The van der Waals surface area contributed by atoms with Crippen LogP contribution < -0.4 is 0 Å². The second-order valence-electron chi connectivity index (χ2n) is 4.76. The quantitative estimate of drug-likeness (QED) is 0.449. The van der Waals surface area contributed by atoms with Gasteiger partial charge in [0.25, 0.3) is 0 Å². The molecule has 1 aromatic carbocycles. The van der Waals surface area contributed by atoms with Gasteiger partial charge in [-0.15, -0.1) is 0 Å². The Hall–Kier alpha value is -1.63. The van der Waals surface area contributed by atoms with Gasteiger partial charge < -0.3 is 19.3 Å². The van der Waals surface area contributed by atoms with E-state index in [1.54, 1.807) is 12.2 Å². The summed E-state index contributed by atoms with van der Waals surface area (Å²) < 4.78 is 20.1. The Balaban J connectivity index is 1.97. The summed E-state index contributed by atoms with van der Waals surface area (Å²) in [5, 5.41) is 0. The summed E-state index contributed by atoms with van der Waals surface area (Å²) in [7, 11) is -4.50. The highest BCUT2D eigenvalue weighted by Crippen LogP contribution is 2.35. The molecule has 0 saturated carbocycles. The predicted octanol–water partition coefficient (Wildman–Crippen LogP) is 1.73. The number of rotatable bonds is 7. The molecule has 0 saturated heterocycles. The van der Waals surface area contributed by atoms with E-state index in [4.69, 9.17) is 14.5 Å². The van der Waals surface area contributed by atoms with Crippen molar-refractivity contribution in [3.8, 4) is 0 Å². The zero-order valence-corrected chi connectivity index (χ0v) is 12.6. The summed E-state index contributed by atoms with van der Waals surface area (Å²) in [6.07, 6.45) is 5.72. The predicted molar refractivity (Wildman–Crippen MR) is 80.9 cm³/mol. The zero-order chi connectivity index (χ0) is 16.1. The second-order valence-corrected chi connectivity index (χ2v) is 6.00. The smallest absolute Gasteiger partial charge is 0.377 e. The lowest BCUT2D eigenvalue weighted by atomic mass is 9.92. The molecular formula is C14H16NO6P. The van der Waals surface area contributed by atoms with Gasteiger partial charge in [0.2, 0.25) is 0 Å². The Morgan fingerprint density at radius 2 is 2.05 bits per heavy atom. The monoisotopic (exact) mass is 325 g/mol. The average Bonchev–Trinajstić information content (AvgIpc) is 2.67. The Kier molecular flexibility index (Phi) is 5.39. The van der Waals surface area contributed by atoms with Crippen molar-refractivity contribution in [2.75, 3.05) is 19.8 Å². The molecule has 2 N–H and O–H groups in total. The maximum Gasteiger partial charge on any atom is 0.469 e. The third-order valence-corrected chi connectivity index (χ3v) is 3.53. The van der Waals surface area contributed by atoms with Crippen LogP contribution in [0.2, 0.25) is 0 Å². The molecule has 8 heteroatoms. The molecule has 118 valence electrons. The first kappa shape index (κ1) is 16.7. The second kappa shape index (κ2) is 7.09. The number of ether oxygens (including phenoxy) is 1. The van der Waals surface area contributed by atoms with Gasteiger partial charge in [-0.1, -0.05) is 30.4 Å². The third-order valence-electron chi connectivity index (χ3n) is 3.01. The summed E-state index contributed by atoms with van der Waals surface area (Å²) in [5.74, 6) is 0. The van der Waals surface area contributed by atoms with Crippen LogP contribution in [0, 0.1) is 5.41 Å². The minimum absolute atomic E-state index is 0.00894. The summed E-state index contributed by atoms with van der Waals surface area (Å²) >= 11 is 0. The average molecular weight is 325 g/mol. The maximum atomic E-state index is 11.4. The van der Waals surface area contributed by atoms with Gasteiger partial charge in [0.1, 0.15) is 11.7 Å². The molecule has 0 radical (unpaired) electrons. The van der Waals surface area contributed by atoms with Crippen LogP contribution in [0.15, 0.2) is 35.3 Å². The van der Waals surface area contributed by atoms with Crippen molar-refractivity contribution >= 4 is 32.1 Å². The number of nitrogens with zero attached hydrogens (tertiary/aromatic N) is 1. The molecular weight excluding hydrogens is 309 g/mol. The lowest BCUT2D eigenvalue weighted by Gasteiger charge is -2.18. The standard InChI is InChI=1S/C14H16NO6P/c16-10-14(11-20-7-8-21-22(17,18)19)6-5-12-3-1-2-4-13(12)15-9-14/h1-6,9-10H,7-8,11H2,(H2,17,18,19). The first-order chi connectivity index (χ1) is 10.4. The fraction of sp³-hybridized carbons (Fsp3) is 0.286. The fourth-order valence-electron chi connectivity index (χ4n) is 1.88. The van der Waals surface area contributed by atoms with Gasteiger partial charge in [0.15, 0.2) is 0 Å². The van der Waals surface area contributed by atoms with Crippen LogP contribution in [0.25, 0.3) is 6.08 Å². The number of carbonyl (C=O) groups excluding carboxylic acids is 1. The number of phosphoric ester groups is 1. The lowest BCUT2D eigenvalue weighted by molar-refractivity contribution is -0.113. The Bertz CT molecular complexity index is 603. The lowest BCUT2D eigenvalue weighted by Crippen LogP contribution is -2.28. The van der Waals surface area contributed by atoms with Crippen molar-refractivity contribution in [2.45, 2.75) is 0 Å². The van der Waals surface area contributed by atoms with Crippen molar-refractivity contribution in [3.05, 3.63) is 35.9 Å². The zero-order valence-electron chi connectivity index (χ0n) is 11.7. The molecule has 22 heavy (non-hydrogen) atoms. The molecule has 1 aliphatic rings. The van der Waals surface area contributed by atoms with E-state index >= 15 is 0 Å². The van der Waals surface area contributed by atoms with E-state index in [-0.39, 0.29) is 19.8 Å². The van der Waals surface area contributed by atoms with Gasteiger partial charge in [-0.2, -0.15) is 0 Å². The normalized spacial score (nSPS) is 20.5. The maximum absolute atomic E-state index is 11.4. The third kappa shape index (κ3) is 4.69. The largest absolute Gasteiger partial charge is 0.469 e. The Morgan fingerprint density at radius 1 is 1.27 bits per heavy atom. The first-order valence-electron chi connectivity index (χ1n) is 6.52. The molecule has 0 bridgehead atoms. The summed E-state index contributed by atoms with van der Waals surface area (Å²) in [6, 6.07) is 7.46. The van der Waals surface area contributed by atoms with E-state index in [0.29, 0.717) is 0 Å². The van der Waals surface area contributed by atoms with Crippen LogP contribution in [0.4, 0.5) is 5.69 Å². The van der Waals surface area contributed by atoms with Gasteiger partial charge in [-0.05, 0) is 11.6 Å². The molecule has 0 amide bonds. The SMILES string of the molecule is O=CC1(COCCOP(=O)(O)O)C=Cc2ccccc2N=C1. The van der Waals surface area contributed by atoms with Crippen LogP contribution in [-0.2, 0) is 18.6 Å². The van der Waals surface area contributed by atoms with E-state index in [1.165, 1.54) is 6.21 Å². The van der Waals surface area contributed by atoms with Gasteiger partial charge in [0.05, 0.1) is 25.5 Å². The molecule has 0 aromatic heterocycles. The number of benzene rings is 1. The van der Waals surface area contributed by atoms with Gasteiger partial charge >= 0.3 is 7.82 Å². The minimum Gasteiger partial charge on any atom is -0.377 e. The topological polar surface area (TPSA) is 105 Å². The van der Waals surface area contributed by atoms with Crippen molar-refractivity contribution in [1.29, 1.82) is 0 Å². The highest BCUT2D eigenvalue weighted by molar-refractivity contribution is 7.46. The van der Waals surface area contributed by atoms with Crippen LogP contribution in [0.5, 0.6) is 0 Å². The summed E-state index contributed by atoms with van der Waals surface area (Å²) in [5.41, 5.74) is 0.640. The molecule has 0 fully saturated rings. The number of carbonyl (C=O) groups is 1. The Labute approximate surface area is 127 Å². The molecule has 1 unspecified atom stereocenters. The van der Waals surface area contributed by atoms with E-state index < -0.39 is 13.2 Å². The molecule has 0 aliphatic carbocycles. The van der Waals surface area contributed by atoms with Crippen molar-refractivity contribution in [1.82, 2.24) is 0 Å². The van der Waals surface area contributed by atoms with E-state index in [0.717, 1.165) is 17.5 Å². The number of para-hydroxylation sites is 1. The molecule has 1 atom stereocenters. The van der Waals surface area contributed by atoms with Crippen molar-refractivity contribution in [2.24, 2.45) is 10.4 Å². The molecule has 1 aliphatic heterocycles. The number of fused-ring (bicyclic) bond motifs is 1. The van der Waals surface area contributed by atoms with Crippen LogP contribution >= 0.6 is 7.82 Å². The number of hydrogen-bond acceptors (Lipinski definition) is 5. The van der Waals surface area contributed by atoms with Crippen molar-refractivity contribution in [3.63, 3.8) is 0 Å². The molecule has 1 aromatic rings. The van der Waals surface area contributed by atoms with Gasteiger partial charge in [-0.25, -0.2) is 4.57 Å². The van der Waals surface area contributed by atoms with Gasteiger partial charge in [-0.3, -0.25) is 9.52 Å².